The Morgan fingerprint density at radius 1 is 1.41 bits per heavy atom. The minimum atomic E-state index is -0.367. The Hall–Kier alpha value is -0.640. The predicted molar refractivity (Wildman–Crippen MR) is 70.4 cm³/mol. The van der Waals surface area contributed by atoms with Gasteiger partial charge in [-0.1, -0.05) is 49.9 Å². The molecule has 0 amide bonds. The fourth-order valence-corrected chi connectivity index (χ4v) is 2.06. The van der Waals surface area contributed by atoms with Crippen LogP contribution in [0.3, 0.4) is 0 Å². The molecule has 1 aromatic rings. The summed E-state index contributed by atoms with van der Waals surface area (Å²) in [6.07, 6.45) is 5.14. The average molecular weight is 259 g/mol. The van der Waals surface area contributed by atoms with Crippen molar-refractivity contribution in [2.24, 2.45) is 5.84 Å². The first-order valence-corrected chi connectivity index (χ1v) is 6.45. The van der Waals surface area contributed by atoms with Crippen LogP contribution in [0.5, 0.6) is 0 Å². The highest BCUT2D eigenvalue weighted by Crippen LogP contribution is 2.21. The number of halogens is 2. The van der Waals surface area contributed by atoms with Gasteiger partial charge < -0.3 is 0 Å². The van der Waals surface area contributed by atoms with E-state index < -0.39 is 0 Å². The van der Waals surface area contributed by atoms with Crippen LogP contribution in [0.2, 0.25) is 5.02 Å². The lowest BCUT2D eigenvalue weighted by Crippen LogP contribution is -2.36. The highest BCUT2D eigenvalue weighted by molar-refractivity contribution is 6.31. The molecule has 17 heavy (non-hydrogen) atoms. The molecule has 96 valence electrons. The van der Waals surface area contributed by atoms with Gasteiger partial charge in [-0.05, 0) is 24.5 Å². The van der Waals surface area contributed by atoms with Gasteiger partial charge in [0.15, 0.2) is 0 Å². The second kappa shape index (κ2) is 7.64. The molecule has 0 saturated carbocycles. The van der Waals surface area contributed by atoms with E-state index in [2.05, 4.69) is 12.3 Å². The Balaban J connectivity index is 2.57. The first kappa shape index (κ1) is 14.4. The van der Waals surface area contributed by atoms with Crippen molar-refractivity contribution in [1.82, 2.24) is 5.43 Å². The van der Waals surface area contributed by atoms with Crippen LogP contribution in [0.4, 0.5) is 4.39 Å². The van der Waals surface area contributed by atoms with Crippen LogP contribution in [0, 0.1) is 5.82 Å². The predicted octanol–water partition coefficient (Wildman–Crippen LogP) is 3.43. The lowest BCUT2D eigenvalue weighted by molar-refractivity contribution is 0.466. The molecule has 4 heteroatoms. The van der Waals surface area contributed by atoms with Gasteiger partial charge in [0.1, 0.15) is 5.82 Å². The van der Waals surface area contributed by atoms with Gasteiger partial charge in [0, 0.05) is 6.04 Å². The average Bonchev–Trinajstić information content (AvgIpc) is 2.33. The molecular formula is C13H20ClFN2. The van der Waals surface area contributed by atoms with Crippen molar-refractivity contribution < 1.29 is 4.39 Å². The van der Waals surface area contributed by atoms with Gasteiger partial charge in [0.25, 0.3) is 0 Å². The second-order valence-electron chi connectivity index (χ2n) is 4.28. The SMILES string of the molecule is CCCCCC(Cc1cccc(F)c1Cl)NN. The van der Waals surface area contributed by atoms with Gasteiger partial charge in [-0.15, -0.1) is 0 Å². The van der Waals surface area contributed by atoms with Crippen molar-refractivity contribution in [3.63, 3.8) is 0 Å². The molecule has 0 saturated heterocycles. The molecule has 0 bridgehead atoms. The quantitative estimate of drug-likeness (QED) is 0.447. The maximum Gasteiger partial charge on any atom is 0.142 e. The number of benzene rings is 1. The van der Waals surface area contributed by atoms with Gasteiger partial charge in [0.05, 0.1) is 5.02 Å². The van der Waals surface area contributed by atoms with Crippen LogP contribution in [-0.4, -0.2) is 6.04 Å². The van der Waals surface area contributed by atoms with Crippen LogP contribution in [0.25, 0.3) is 0 Å². The lowest BCUT2D eigenvalue weighted by atomic mass is 10.0. The molecule has 2 nitrogen and oxygen atoms in total. The van der Waals surface area contributed by atoms with Crippen LogP contribution < -0.4 is 11.3 Å². The Morgan fingerprint density at radius 3 is 2.82 bits per heavy atom. The van der Waals surface area contributed by atoms with Crippen molar-refractivity contribution in [3.8, 4) is 0 Å². The van der Waals surface area contributed by atoms with Gasteiger partial charge in [-0.2, -0.15) is 0 Å². The Labute approximate surface area is 107 Å². The molecule has 0 aromatic heterocycles. The van der Waals surface area contributed by atoms with E-state index in [0.29, 0.717) is 6.42 Å². The summed E-state index contributed by atoms with van der Waals surface area (Å²) >= 11 is 5.91. The molecule has 0 spiro atoms. The van der Waals surface area contributed by atoms with E-state index in [4.69, 9.17) is 17.4 Å². The number of hydrogen-bond acceptors (Lipinski definition) is 2. The molecule has 1 rings (SSSR count). The number of nitrogens with one attached hydrogen (secondary N) is 1. The number of unbranched alkanes of at least 4 members (excludes halogenated alkanes) is 2. The highest BCUT2D eigenvalue weighted by atomic mass is 35.5. The van der Waals surface area contributed by atoms with Crippen molar-refractivity contribution in [1.29, 1.82) is 0 Å². The Morgan fingerprint density at radius 2 is 2.18 bits per heavy atom. The summed E-state index contributed by atoms with van der Waals surface area (Å²) in [7, 11) is 0. The van der Waals surface area contributed by atoms with Crippen molar-refractivity contribution in [3.05, 3.63) is 34.6 Å². The third kappa shape index (κ3) is 4.62. The van der Waals surface area contributed by atoms with Gasteiger partial charge in [-0.25, -0.2) is 4.39 Å². The molecule has 1 unspecified atom stereocenters. The number of rotatable bonds is 7. The van der Waals surface area contributed by atoms with Gasteiger partial charge in [-0.3, -0.25) is 11.3 Å². The maximum absolute atomic E-state index is 13.3. The second-order valence-corrected chi connectivity index (χ2v) is 4.65. The van der Waals surface area contributed by atoms with Crippen LogP contribution in [0.1, 0.15) is 38.2 Å². The topological polar surface area (TPSA) is 38.0 Å². The highest BCUT2D eigenvalue weighted by Gasteiger charge is 2.11. The minimum Gasteiger partial charge on any atom is -0.271 e. The third-order valence-corrected chi connectivity index (χ3v) is 3.31. The zero-order chi connectivity index (χ0) is 12.7. The lowest BCUT2D eigenvalue weighted by Gasteiger charge is -2.16. The molecule has 3 N–H and O–H groups in total. The monoisotopic (exact) mass is 258 g/mol. The molecule has 0 aliphatic carbocycles. The smallest absolute Gasteiger partial charge is 0.142 e. The van der Waals surface area contributed by atoms with Gasteiger partial charge >= 0.3 is 0 Å². The summed E-state index contributed by atoms with van der Waals surface area (Å²) in [4.78, 5) is 0. The molecule has 0 fully saturated rings. The van der Waals surface area contributed by atoms with E-state index in [9.17, 15) is 4.39 Å². The van der Waals surface area contributed by atoms with E-state index in [1.54, 1.807) is 6.07 Å². The van der Waals surface area contributed by atoms with E-state index in [-0.39, 0.29) is 16.9 Å². The first-order valence-electron chi connectivity index (χ1n) is 6.08. The summed E-state index contributed by atoms with van der Waals surface area (Å²) in [6.45, 7) is 2.16. The summed E-state index contributed by atoms with van der Waals surface area (Å²) in [5, 5.41) is 0.211. The van der Waals surface area contributed by atoms with E-state index in [1.807, 2.05) is 6.07 Å². The van der Waals surface area contributed by atoms with Crippen LogP contribution >= 0.6 is 11.6 Å². The molecule has 1 atom stereocenters. The minimum absolute atomic E-state index is 0.154. The molecule has 0 radical (unpaired) electrons. The summed E-state index contributed by atoms with van der Waals surface area (Å²) in [5.74, 6) is 5.14. The van der Waals surface area contributed by atoms with E-state index >= 15 is 0 Å². The summed E-state index contributed by atoms with van der Waals surface area (Å²) < 4.78 is 13.3. The zero-order valence-corrected chi connectivity index (χ0v) is 10.9. The Bertz CT molecular complexity index is 344. The van der Waals surface area contributed by atoms with E-state index in [0.717, 1.165) is 18.4 Å². The molecule has 1 aromatic carbocycles. The summed E-state index contributed by atoms with van der Waals surface area (Å²) in [6, 6.07) is 5.04. The van der Waals surface area contributed by atoms with Gasteiger partial charge in [0.2, 0.25) is 0 Å². The fraction of sp³-hybridized carbons (Fsp3) is 0.538. The van der Waals surface area contributed by atoms with Crippen LogP contribution in [-0.2, 0) is 6.42 Å². The molecule has 0 aliphatic heterocycles. The normalized spacial score (nSPS) is 12.7. The Kier molecular flexibility index (Phi) is 6.48. The molecule has 0 aliphatic rings. The van der Waals surface area contributed by atoms with Crippen molar-refractivity contribution in [2.45, 2.75) is 45.1 Å². The first-order chi connectivity index (χ1) is 8.19. The van der Waals surface area contributed by atoms with Crippen LogP contribution in [0.15, 0.2) is 18.2 Å². The maximum atomic E-state index is 13.3. The fourth-order valence-electron chi connectivity index (χ4n) is 1.86. The van der Waals surface area contributed by atoms with Crippen molar-refractivity contribution in [2.75, 3.05) is 0 Å². The number of nitrogens with two attached hydrogens (primary N) is 1. The standard InChI is InChI=1S/C13H20ClFN2/c1-2-3-4-7-11(17-16)9-10-6-5-8-12(15)13(10)14/h5-6,8,11,17H,2-4,7,9,16H2,1H3. The number of hydrogen-bond donors (Lipinski definition) is 2. The number of hydrazine groups is 1. The molecule has 0 heterocycles. The zero-order valence-electron chi connectivity index (χ0n) is 10.2. The largest absolute Gasteiger partial charge is 0.271 e. The van der Waals surface area contributed by atoms with E-state index in [1.165, 1.54) is 18.9 Å². The third-order valence-electron chi connectivity index (χ3n) is 2.89. The van der Waals surface area contributed by atoms with Crippen molar-refractivity contribution >= 4 is 11.6 Å². The summed E-state index contributed by atoms with van der Waals surface area (Å²) in [5.41, 5.74) is 3.59. The molecular weight excluding hydrogens is 239 g/mol.